The molecule has 2 heterocycles. The predicted molar refractivity (Wildman–Crippen MR) is 128 cm³/mol. The molecule has 31 heavy (non-hydrogen) atoms. The van der Waals surface area contributed by atoms with Crippen molar-refractivity contribution in [2.45, 2.75) is 32.5 Å². The first-order chi connectivity index (χ1) is 15.0. The Kier molecular flexibility index (Phi) is 6.48. The molecular weight excluding hydrogens is 426 g/mol. The van der Waals surface area contributed by atoms with Crippen LogP contribution in [0.1, 0.15) is 18.1 Å². The van der Waals surface area contributed by atoms with Crippen LogP contribution in [0.2, 0.25) is 0 Å². The van der Waals surface area contributed by atoms with Gasteiger partial charge in [-0.15, -0.1) is 21.5 Å². The normalized spacial score (nSPS) is 10.9. The zero-order valence-electron chi connectivity index (χ0n) is 17.6. The van der Waals surface area contributed by atoms with E-state index >= 15 is 0 Å². The Morgan fingerprint density at radius 1 is 1.06 bits per heavy atom. The number of nitrogens with one attached hydrogen (secondary N) is 1. The molecule has 0 radical (unpaired) electrons. The second-order valence-corrected chi connectivity index (χ2v) is 8.89. The van der Waals surface area contributed by atoms with Crippen molar-refractivity contribution in [1.29, 1.82) is 0 Å². The lowest BCUT2D eigenvalue weighted by Gasteiger charge is -2.07. The smallest absolute Gasteiger partial charge is 0.236 e. The van der Waals surface area contributed by atoms with E-state index in [0.717, 1.165) is 34.3 Å². The summed E-state index contributed by atoms with van der Waals surface area (Å²) < 4.78 is 2.02. The number of thioether (sulfide) groups is 1. The number of carbonyl (C=O) groups excluding carboxylic acids is 1. The predicted octanol–water partition coefficient (Wildman–Crippen LogP) is 5.44. The van der Waals surface area contributed by atoms with Gasteiger partial charge in [0.25, 0.3) is 0 Å². The maximum atomic E-state index is 12.5. The van der Waals surface area contributed by atoms with Crippen molar-refractivity contribution < 1.29 is 4.79 Å². The van der Waals surface area contributed by atoms with Gasteiger partial charge >= 0.3 is 0 Å². The molecular formula is C23H23N5OS2. The first-order valence-corrected chi connectivity index (χ1v) is 11.9. The summed E-state index contributed by atoms with van der Waals surface area (Å²) in [5, 5.41) is 14.8. The Hall–Kier alpha value is -2.97. The molecule has 1 amide bonds. The van der Waals surface area contributed by atoms with Gasteiger partial charge in [-0.3, -0.25) is 4.79 Å². The van der Waals surface area contributed by atoms with E-state index in [-0.39, 0.29) is 11.7 Å². The van der Waals surface area contributed by atoms with E-state index in [1.54, 1.807) is 0 Å². The molecule has 8 heteroatoms. The van der Waals surface area contributed by atoms with E-state index in [1.807, 2.05) is 47.2 Å². The molecule has 2 aromatic carbocycles. The minimum Gasteiger partial charge on any atom is -0.302 e. The highest BCUT2D eigenvalue weighted by Crippen LogP contribution is 2.27. The third kappa shape index (κ3) is 4.86. The zero-order valence-corrected chi connectivity index (χ0v) is 19.3. The summed E-state index contributed by atoms with van der Waals surface area (Å²) in [5.74, 6) is 0.938. The van der Waals surface area contributed by atoms with Crippen LogP contribution in [0.3, 0.4) is 0 Å². The van der Waals surface area contributed by atoms with Gasteiger partial charge in [-0.05, 0) is 38.0 Å². The van der Waals surface area contributed by atoms with Gasteiger partial charge in [-0.2, -0.15) is 0 Å². The van der Waals surface area contributed by atoms with Crippen LogP contribution in [-0.2, 0) is 11.3 Å². The molecule has 0 saturated carbocycles. The fourth-order valence-electron chi connectivity index (χ4n) is 3.13. The average molecular weight is 450 g/mol. The van der Waals surface area contributed by atoms with Gasteiger partial charge < -0.3 is 9.88 Å². The summed E-state index contributed by atoms with van der Waals surface area (Å²) in [6, 6.07) is 16.2. The SMILES string of the molecule is CCn1c(SCC(=O)Nc2nc(-c3ccc(C)c(C)c3)cs2)nnc1-c1ccccc1. The molecule has 0 bridgehead atoms. The van der Waals surface area contributed by atoms with Crippen molar-refractivity contribution >= 4 is 34.1 Å². The number of hydrogen-bond acceptors (Lipinski definition) is 6. The number of amides is 1. The zero-order chi connectivity index (χ0) is 21.8. The monoisotopic (exact) mass is 449 g/mol. The topological polar surface area (TPSA) is 72.7 Å². The fraction of sp³-hybridized carbons (Fsp3) is 0.217. The highest BCUT2D eigenvalue weighted by molar-refractivity contribution is 7.99. The summed E-state index contributed by atoms with van der Waals surface area (Å²) >= 11 is 2.80. The number of aryl methyl sites for hydroxylation is 2. The first-order valence-electron chi connectivity index (χ1n) is 9.99. The van der Waals surface area contributed by atoms with Gasteiger partial charge in [-0.1, -0.05) is 54.2 Å². The molecule has 0 spiro atoms. The number of benzene rings is 2. The Morgan fingerprint density at radius 2 is 1.87 bits per heavy atom. The summed E-state index contributed by atoms with van der Waals surface area (Å²) in [6.07, 6.45) is 0. The molecule has 1 N–H and O–H groups in total. The van der Waals surface area contributed by atoms with Crippen molar-refractivity contribution in [2.24, 2.45) is 0 Å². The molecule has 0 aliphatic heterocycles. The lowest BCUT2D eigenvalue weighted by atomic mass is 10.1. The van der Waals surface area contributed by atoms with E-state index in [4.69, 9.17) is 0 Å². The van der Waals surface area contributed by atoms with Gasteiger partial charge in [0.2, 0.25) is 5.91 Å². The van der Waals surface area contributed by atoms with Crippen LogP contribution in [0, 0.1) is 13.8 Å². The lowest BCUT2D eigenvalue weighted by molar-refractivity contribution is -0.113. The third-order valence-corrected chi connectivity index (χ3v) is 6.68. The minimum atomic E-state index is -0.113. The third-order valence-electron chi connectivity index (χ3n) is 4.95. The van der Waals surface area contributed by atoms with Crippen LogP contribution in [0.15, 0.2) is 59.1 Å². The maximum Gasteiger partial charge on any atom is 0.236 e. The summed E-state index contributed by atoms with van der Waals surface area (Å²) in [7, 11) is 0. The van der Waals surface area contributed by atoms with Crippen LogP contribution in [-0.4, -0.2) is 31.4 Å². The molecule has 0 saturated heterocycles. The Bertz CT molecular complexity index is 1200. The standard InChI is InChI=1S/C23H23N5OS2/c1-4-28-21(17-8-6-5-7-9-17)26-27-23(28)31-14-20(29)25-22-24-19(13-30-22)18-11-10-15(2)16(3)12-18/h5-13H,4,14H2,1-3H3,(H,24,25,29). The Labute approximate surface area is 189 Å². The number of anilines is 1. The molecule has 0 unspecified atom stereocenters. The molecule has 0 aliphatic rings. The fourth-order valence-corrected chi connectivity index (χ4v) is 4.67. The van der Waals surface area contributed by atoms with E-state index in [9.17, 15) is 4.79 Å². The Morgan fingerprint density at radius 3 is 2.61 bits per heavy atom. The van der Waals surface area contributed by atoms with Gasteiger partial charge in [0.05, 0.1) is 11.4 Å². The summed E-state index contributed by atoms with van der Waals surface area (Å²) in [6.45, 7) is 6.95. The van der Waals surface area contributed by atoms with E-state index < -0.39 is 0 Å². The first kappa shape index (κ1) is 21.3. The molecule has 0 aliphatic carbocycles. The number of nitrogens with zero attached hydrogens (tertiary/aromatic N) is 4. The molecule has 4 rings (SSSR count). The molecule has 6 nitrogen and oxygen atoms in total. The van der Waals surface area contributed by atoms with Crippen LogP contribution in [0.4, 0.5) is 5.13 Å². The molecule has 4 aromatic rings. The van der Waals surface area contributed by atoms with Crippen molar-refractivity contribution in [3.05, 3.63) is 65.0 Å². The van der Waals surface area contributed by atoms with Crippen LogP contribution in [0.5, 0.6) is 0 Å². The number of hydrogen-bond donors (Lipinski definition) is 1. The lowest BCUT2D eigenvalue weighted by Crippen LogP contribution is -2.14. The summed E-state index contributed by atoms with van der Waals surface area (Å²) in [4.78, 5) is 17.1. The Balaban J connectivity index is 1.40. The van der Waals surface area contributed by atoms with E-state index in [2.05, 4.69) is 52.5 Å². The number of aromatic nitrogens is 4. The number of carbonyl (C=O) groups is 1. The molecule has 0 fully saturated rings. The minimum absolute atomic E-state index is 0.113. The highest BCUT2D eigenvalue weighted by Gasteiger charge is 2.15. The highest BCUT2D eigenvalue weighted by atomic mass is 32.2. The van der Waals surface area contributed by atoms with Gasteiger partial charge in [-0.25, -0.2) is 4.98 Å². The molecule has 0 atom stereocenters. The van der Waals surface area contributed by atoms with Crippen molar-refractivity contribution in [1.82, 2.24) is 19.7 Å². The molecule has 158 valence electrons. The second kappa shape index (κ2) is 9.45. The van der Waals surface area contributed by atoms with Gasteiger partial charge in [0.15, 0.2) is 16.1 Å². The molecule has 2 aromatic heterocycles. The van der Waals surface area contributed by atoms with Crippen LogP contribution >= 0.6 is 23.1 Å². The number of thiazole rings is 1. The number of rotatable bonds is 7. The van der Waals surface area contributed by atoms with Gasteiger partial charge in [0.1, 0.15) is 0 Å². The van der Waals surface area contributed by atoms with Crippen molar-refractivity contribution in [2.75, 3.05) is 11.1 Å². The van der Waals surface area contributed by atoms with Crippen molar-refractivity contribution in [3.8, 4) is 22.6 Å². The maximum absolute atomic E-state index is 12.5. The van der Waals surface area contributed by atoms with E-state index in [1.165, 1.54) is 34.2 Å². The summed E-state index contributed by atoms with van der Waals surface area (Å²) in [5.41, 5.74) is 5.41. The second-order valence-electron chi connectivity index (χ2n) is 7.09. The van der Waals surface area contributed by atoms with E-state index in [0.29, 0.717) is 5.13 Å². The van der Waals surface area contributed by atoms with Crippen LogP contribution < -0.4 is 5.32 Å². The quantitative estimate of drug-likeness (QED) is 0.381. The average Bonchev–Trinajstić information content (AvgIpc) is 3.41. The van der Waals surface area contributed by atoms with Gasteiger partial charge in [0, 0.05) is 23.1 Å². The largest absolute Gasteiger partial charge is 0.302 e. The van der Waals surface area contributed by atoms with Crippen LogP contribution in [0.25, 0.3) is 22.6 Å². The van der Waals surface area contributed by atoms with Crippen molar-refractivity contribution in [3.63, 3.8) is 0 Å².